The second-order valence-corrected chi connectivity index (χ2v) is 8.99. The number of benzene rings is 1. The molecule has 2 aromatic rings. The topological polar surface area (TPSA) is 137 Å². The van der Waals surface area contributed by atoms with Gasteiger partial charge in [-0.2, -0.15) is 4.98 Å². The van der Waals surface area contributed by atoms with Gasteiger partial charge in [-0.05, 0) is 19.1 Å². The van der Waals surface area contributed by atoms with E-state index in [1.165, 1.54) is 25.3 Å². The summed E-state index contributed by atoms with van der Waals surface area (Å²) >= 11 is 0. The molecule has 0 bridgehead atoms. The molecule has 0 saturated heterocycles. The number of sulfonamides is 1. The number of hydrogen-bond acceptors (Lipinski definition) is 8. The number of nitrogens with zero attached hydrogens (tertiary/aromatic N) is 2. The summed E-state index contributed by atoms with van der Waals surface area (Å²) < 4.78 is 37.6. The molecule has 162 valence electrons. The summed E-state index contributed by atoms with van der Waals surface area (Å²) in [4.78, 5) is 31.9. The number of rotatable bonds is 7. The van der Waals surface area contributed by atoms with Crippen molar-refractivity contribution < 1.29 is 27.5 Å². The molecule has 0 radical (unpaired) electrons. The number of carbonyl (C=O) groups excluding carboxylic acids is 2. The van der Waals surface area contributed by atoms with Gasteiger partial charge in [0.15, 0.2) is 5.78 Å². The lowest BCUT2D eigenvalue weighted by molar-refractivity contribution is -0.128. The SMILES string of the molecule is COc1cc(C)nc(NC(=O)NS(=O)(=O)c2ccccc2OCC(=O)C(C)(C)C)n1. The van der Waals surface area contributed by atoms with E-state index >= 15 is 0 Å². The molecule has 30 heavy (non-hydrogen) atoms. The minimum Gasteiger partial charge on any atom is -0.484 e. The summed E-state index contributed by atoms with van der Waals surface area (Å²) in [5, 5.41) is 2.25. The Morgan fingerprint density at radius 3 is 2.43 bits per heavy atom. The normalized spacial score (nSPS) is 11.5. The highest BCUT2D eigenvalue weighted by Crippen LogP contribution is 2.24. The van der Waals surface area contributed by atoms with Crippen LogP contribution in [-0.2, 0) is 14.8 Å². The van der Waals surface area contributed by atoms with Crippen LogP contribution in [0.4, 0.5) is 10.7 Å². The highest BCUT2D eigenvalue weighted by Gasteiger charge is 2.25. The monoisotopic (exact) mass is 436 g/mol. The molecule has 10 nitrogen and oxygen atoms in total. The number of methoxy groups -OCH3 is 1. The van der Waals surface area contributed by atoms with E-state index in [4.69, 9.17) is 9.47 Å². The van der Waals surface area contributed by atoms with Gasteiger partial charge in [0, 0.05) is 17.2 Å². The number of aromatic nitrogens is 2. The van der Waals surface area contributed by atoms with E-state index in [1.807, 2.05) is 4.72 Å². The number of para-hydroxylation sites is 1. The zero-order valence-corrected chi connectivity index (χ0v) is 18.2. The Morgan fingerprint density at radius 1 is 1.13 bits per heavy atom. The maximum atomic E-state index is 12.7. The van der Waals surface area contributed by atoms with E-state index < -0.39 is 21.5 Å². The van der Waals surface area contributed by atoms with Crippen LogP contribution in [0.3, 0.4) is 0 Å². The molecule has 2 amide bonds. The maximum absolute atomic E-state index is 12.7. The molecule has 1 aromatic carbocycles. The van der Waals surface area contributed by atoms with Crippen molar-refractivity contribution in [1.82, 2.24) is 14.7 Å². The van der Waals surface area contributed by atoms with Crippen LogP contribution in [0.5, 0.6) is 11.6 Å². The third-order valence-corrected chi connectivity index (χ3v) is 5.20. The van der Waals surface area contributed by atoms with Crippen LogP contribution in [0.15, 0.2) is 35.2 Å². The fraction of sp³-hybridized carbons (Fsp3) is 0.368. The standard InChI is InChI=1S/C19H24N4O6S/c1-12-10-16(28-5)21-17(20-12)22-18(25)23-30(26,27)14-9-7-6-8-13(14)29-11-15(24)19(2,3)4/h6-10H,11H2,1-5H3,(H2,20,21,22,23,25). The summed E-state index contributed by atoms with van der Waals surface area (Å²) in [6.07, 6.45) is 0. The molecule has 2 rings (SSSR count). The van der Waals surface area contributed by atoms with Crippen LogP contribution in [0.1, 0.15) is 26.5 Å². The largest absolute Gasteiger partial charge is 0.484 e. The summed E-state index contributed by atoms with van der Waals surface area (Å²) in [6.45, 7) is 6.55. The first-order valence-corrected chi connectivity index (χ1v) is 10.4. The Labute approximate surface area is 175 Å². The number of urea groups is 1. The van der Waals surface area contributed by atoms with Crippen molar-refractivity contribution in [3.63, 3.8) is 0 Å². The third kappa shape index (κ3) is 6.14. The van der Waals surface area contributed by atoms with E-state index in [0.717, 1.165) is 0 Å². The average Bonchev–Trinajstić information content (AvgIpc) is 2.64. The molecule has 0 aliphatic carbocycles. The third-order valence-electron chi connectivity index (χ3n) is 3.83. The lowest BCUT2D eigenvalue weighted by Crippen LogP contribution is -2.35. The van der Waals surface area contributed by atoms with Gasteiger partial charge in [-0.25, -0.2) is 22.9 Å². The summed E-state index contributed by atoms with van der Waals surface area (Å²) in [5.41, 5.74) is -0.122. The molecule has 0 atom stereocenters. The van der Waals surface area contributed by atoms with Gasteiger partial charge in [-0.15, -0.1) is 0 Å². The van der Waals surface area contributed by atoms with E-state index in [-0.39, 0.29) is 34.9 Å². The van der Waals surface area contributed by atoms with Gasteiger partial charge < -0.3 is 9.47 Å². The molecule has 0 saturated carbocycles. The van der Waals surface area contributed by atoms with Crippen LogP contribution in [-0.4, -0.2) is 43.9 Å². The first-order chi connectivity index (χ1) is 13.9. The van der Waals surface area contributed by atoms with E-state index in [9.17, 15) is 18.0 Å². The van der Waals surface area contributed by atoms with Crippen molar-refractivity contribution in [2.75, 3.05) is 19.0 Å². The van der Waals surface area contributed by atoms with Crippen LogP contribution >= 0.6 is 0 Å². The molecular formula is C19H24N4O6S. The zero-order valence-electron chi connectivity index (χ0n) is 17.3. The number of ether oxygens (including phenoxy) is 2. The fourth-order valence-electron chi connectivity index (χ4n) is 2.16. The predicted molar refractivity (Wildman–Crippen MR) is 109 cm³/mol. The number of carbonyl (C=O) groups is 2. The Morgan fingerprint density at radius 2 is 1.80 bits per heavy atom. The molecule has 1 heterocycles. The van der Waals surface area contributed by atoms with Gasteiger partial charge in [0.25, 0.3) is 10.0 Å². The van der Waals surface area contributed by atoms with Crippen LogP contribution < -0.4 is 19.5 Å². The van der Waals surface area contributed by atoms with Gasteiger partial charge in [-0.3, -0.25) is 10.1 Å². The van der Waals surface area contributed by atoms with Crippen LogP contribution in [0.2, 0.25) is 0 Å². The first kappa shape index (κ1) is 23.1. The van der Waals surface area contributed by atoms with Crippen molar-refractivity contribution in [2.45, 2.75) is 32.6 Å². The molecular weight excluding hydrogens is 412 g/mol. The number of ketones is 1. The number of hydrogen-bond donors (Lipinski definition) is 2. The molecule has 2 N–H and O–H groups in total. The number of amides is 2. The quantitative estimate of drug-likeness (QED) is 0.675. The number of anilines is 1. The minimum atomic E-state index is -4.30. The van der Waals surface area contributed by atoms with Crippen LogP contribution in [0.25, 0.3) is 0 Å². The van der Waals surface area contributed by atoms with Gasteiger partial charge >= 0.3 is 6.03 Å². The number of Topliss-reactive ketones (excluding diaryl/α,β-unsaturated/α-hetero) is 1. The molecule has 0 spiro atoms. The molecule has 11 heteroatoms. The highest BCUT2D eigenvalue weighted by atomic mass is 32.2. The fourth-order valence-corrected chi connectivity index (χ4v) is 3.21. The Balaban J connectivity index is 2.16. The second-order valence-electron chi connectivity index (χ2n) is 7.34. The van der Waals surface area contributed by atoms with Gasteiger partial charge in [0.1, 0.15) is 17.3 Å². The van der Waals surface area contributed by atoms with E-state index in [0.29, 0.717) is 5.69 Å². The van der Waals surface area contributed by atoms with Crippen molar-refractivity contribution in [2.24, 2.45) is 5.41 Å². The van der Waals surface area contributed by atoms with Gasteiger partial charge in [-0.1, -0.05) is 32.9 Å². The maximum Gasteiger partial charge on any atom is 0.335 e. The van der Waals surface area contributed by atoms with Gasteiger partial charge in [0.05, 0.1) is 7.11 Å². The Bertz CT molecular complexity index is 1050. The van der Waals surface area contributed by atoms with Crippen molar-refractivity contribution in [3.05, 3.63) is 36.0 Å². The summed E-state index contributed by atoms with van der Waals surface area (Å²) in [7, 11) is -2.90. The molecule has 0 unspecified atom stereocenters. The lowest BCUT2D eigenvalue weighted by Gasteiger charge is -2.18. The number of aryl methyl sites for hydroxylation is 1. The second kappa shape index (κ2) is 9.08. The van der Waals surface area contributed by atoms with Crippen molar-refractivity contribution >= 4 is 27.8 Å². The smallest absolute Gasteiger partial charge is 0.335 e. The van der Waals surface area contributed by atoms with Crippen molar-refractivity contribution in [1.29, 1.82) is 0 Å². The Hall–Kier alpha value is -3.21. The van der Waals surface area contributed by atoms with E-state index in [1.54, 1.807) is 39.8 Å². The minimum absolute atomic E-state index is 0.0520. The Kier molecular flexibility index (Phi) is 6.98. The molecule has 0 aliphatic heterocycles. The summed E-state index contributed by atoms with van der Waals surface area (Å²) in [6, 6.07) is 6.17. The van der Waals surface area contributed by atoms with Crippen LogP contribution in [0, 0.1) is 12.3 Å². The highest BCUT2D eigenvalue weighted by molar-refractivity contribution is 7.90. The predicted octanol–water partition coefficient (Wildman–Crippen LogP) is 2.30. The number of nitrogens with one attached hydrogen (secondary N) is 2. The molecule has 0 fully saturated rings. The van der Waals surface area contributed by atoms with Crippen molar-refractivity contribution in [3.8, 4) is 11.6 Å². The van der Waals surface area contributed by atoms with Gasteiger partial charge in [0.2, 0.25) is 11.8 Å². The summed E-state index contributed by atoms with van der Waals surface area (Å²) in [5.74, 6) is -0.169. The molecule has 0 aliphatic rings. The zero-order chi connectivity index (χ0) is 22.5. The lowest BCUT2D eigenvalue weighted by atomic mass is 9.91. The van der Waals surface area contributed by atoms with E-state index in [2.05, 4.69) is 15.3 Å². The first-order valence-electron chi connectivity index (χ1n) is 8.91. The molecule has 1 aromatic heterocycles. The average molecular weight is 436 g/mol.